The first-order valence-electron chi connectivity index (χ1n) is 7.30. The Hall–Kier alpha value is -1.95. The average Bonchev–Trinajstić information content (AvgIpc) is 3.18. The van der Waals surface area contributed by atoms with Gasteiger partial charge in [-0.15, -0.1) is 0 Å². The molecule has 2 heterocycles. The number of hydrogen-bond donors (Lipinski definition) is 2. The maximum absolute atomic E-state index is 5.59. The maximum Gasteiger partial charge on any atom is 0.231 e. The highest BCUT2D eigenvalue weighted by Crippen LogP contribution is 2.32. The minimum absolute atomic E-state index is 0.300. The summed E-state index contributed by atoms with van der Waals surface area (Å²) >= 11 is 0. The van der Waals surface area contributed by atoms with E-state index >= 15 is 0 Å². The second kappa shape index (κ2) is 6.67. The van der Waals surface area contributed by atoms with Crippen LogP contribution >= 0.6 is 0 Å². The van der Waals surface area contributed by atoms with Gasteiger partial charge in [0, 0.05) is 26.7 Å². The van der Waals surface area contributed by atoms with Crippen molar-refractivity contribution in [3.05, 3.63) is 23.8 Å². The van der Waals surface area contributed by atoms with Crippen LogP contribution < -0.4 is 20.1 Å². The van der Waals surface area contributed by atoms with Crippen molar-refractivity contribution in [2.45, 2.75) is 25.5 Å². The first-order chi connectivity index (χ1) is 10.3. The molecule has 114 valence electrons. The number of hydrogen-bond acceptors (Lipinski definition) is 4. The van der Waals surface area contributed by atoms with Gasteiger partial charge in [0.1, 0.15) is 0 Å². The Balaban J connectivity index is 1.48. The van der Waals surface area contributed by atoms with Gasteiger partial charge in [0.2, 0.25) is 6.79 Å². The molecule has 0 aromatic heterocycles. The van der Waals surface area contributed by atoms with Gasteiger partial charge in [0.05, 0.1) is 6.10 Å². The first kappa shape index (κ1) is 14.0. The molecule has 6 heteroatoms. The van der Waals surface area contributed by atoms with E-state index in [1.807, 2.05) is 18.2 Å². The number of benzene rings is 1. The van der Waals surface area contributed by atoms with Gasteiger partial charge in [0.15, 0.2) is 17.5 Å². The van der Waals surface area contributed by atoms with Crippen LogP contribution in [0.2, 0.25) is 0 Å². The van der Waals surface area contributed by atoms with E-state index in [1.54, 1.807) is 7.05 Å². The fourth-order valence-electron chi connectivity index (χ4n) is 2.47. The van der Waals surface area contributed by atoms with Crippen LogP contribution in [0.1, 0.15) is 18.4 Å². The van der Waals surface area contributed by atoms with E-state index in [-0.39, 0.29) is 0 Å². The van der Waals surface area contributed by atoms with E-state index < -0.39 is 0 Å². The molecule has 21 heavy (non-hydrogen) atoms. The lowest BCUT2D eigenvalue weighted by atomic mass is 10.2. The number of aliphatic imine (C=N–C) groups is 1. The van der Waals surface area contributed by atoms with Gasteiger partial charge in [-0.1, -0.05) is 6.07 Å². The molecule has 2 N–H and O–H groups in total. The van der Waals surface area contributed by atoms with Crippen LogP contribution in [0.15, 0.2) is 23.2 Å². The molecule has 1 aromatic rings. The molecule has 6 nitrogen and oxygen atoms in total. The predicted molar refractivity (Wildman–Crippen MR) is 79.7 cm³/mol. The van der Waals surface area contributed by atoms with E-state index in [0.29, 0.717) is 19.4 Å². The minimum Gasteiger partial charge on any atom is -0.454 e. The molecule has 3 rings (SSSR count). The van der Waals surface area contributed by atoms with Crippen LogP contribution in [-0.4, -0.2) is 39.1 Å². The van der Waals surface area contributed by atoms with Crippen LogP contribution in [-0.2, 0) is 11.3 Å². The summed E-state index contributed by atoms with van der Waals surface area (Å²) in [6.07, 6.45) is 2.57. The zero-order chi connectivity index (χ0) is 14.5. The molecule has 1 unspecified atom stereocenters. The van der Waals surface area contributed by atoms with Gasteiger partial charge < -0.3 is 24.8 Å². The van der Waals surface area contributed by atoms with Crippen LogP contribution in [0.25, 0.3) is 0 Å². The third-order valence-corrected chi connectivity index (χ3v) is 3.64. The number of nitrogens with one attached hydrogen (secondary N) is 2. The summed E-state index contributed by atoms with van der Waals surface area (Å²) in [4.78, 5) is 4.22. The van der Waals surface area contributed by atoms with Crippen molar-refractivity contribution in [2.75, 3.05) is 27.0 Å². The van der Waals surface area contributed by atoms with E-state index in [0.717, 1.165) is 49.0 Å². The Morgan fingerprint density at radius 1 is 1.29 bits per heavy atom. The molecule has 1 aromatic carbocycles. The molecule has 1 fully saturated rings. The normalized spacial score (nSPS) is 20.6. The number of guanidine groups is 1. The second-order valence-electron chi connectivity index (χ2n) is 5.13. The Labute approximate surface area is 124 Å². The SMILES string of the molecule is CN=C(NCc1ccc2c(c1)OCO2)NCC1CCCO1. The molecule has 0 bridgehead atoms. The molecule has 2 aliphatic rings. The Morgan fingerprint density at radius 2 is 2.19 bits per heavy atom. The highest BCUT2D eigenvalue weighted by molar-refractivity contribution is 5.79. The van der Waals surface area contributed by atoms with Crippen LogP contribution in [0.3, 0.4) is 0 Å². The molecule has 0 amide bonds. The minimum atomic E-state index is 0.300. The summed E-state index contributed by atoms with van der Waals surface area (Å²) in [7, 11) is 1.77. The van der Waals surface area contributed by atoms with Crippen molar-refractivity contribution in [3.63, 3.8) is 0 Å². The van der Waals surface area contributed by atoms with Crippen LogP contribution in [0, 0.1) is 0 Å². The molecule has 0 spiro atoms. The second-order valence-corrected chi connectivity index (χ2v) is 5.13. The van der Waals surface area contributed by atoms with Gasteiger partial charge in [0.25, 0.3) is 0 Å². The smallest absolute Gasteiger partial charge is 0.231 e. The van der Waals surface area contributed by atoms with Gasteiger partial charge >= 0.3 is 0 Å². The first-order valence-corrected chi connectivity index (χ1v) is 7.30. The molecule has 0 aliphatic carbocycles. The van der Waals surface area contributed by atoms with Crippen molar-refractivity contribution in [1.82, 2.24) is 10.6 Å². The number of fused-ring (bicyclic) bond motifs is 1. The van der Waals surface area contributed by atoms with Crippen molar-refractivity contribution in [3.8, 4) is 11.5 Å². The number of rotatable bonds is 4. The highest BCUT2D eigenvalue weighted by atomic mass is 16.7. The lowest BCUT2D eigenvalue weighted by Gasteiger charge is -2.15. The third-order valence-electron chi connectivity index (χ3n) is 3.64. The molecular formula is C15H21N3O3. The third kappa shape index (κ3) is 3.58. The summed E-state index contributed by atoms with van der Waals surface area (Å²) in [6, 6.07) is 5.94. The van der Waals surface area contributed by atoms with Crippen molar-refractivity contribution < 1.29 is 14.2 Å². The largest absolute Gasteiger partial charge is 0.454 e. The van der Waals surface area contributed by atoms with E-state index in [9.17, 15) is 0 Å². The molecule has 0 saturated carbocycles. The van der Waals surface area contributed by atoms with E-state index in [1.165, 1.54) is 0 Å². The van der Waals surface area contributed by atoms with Gasteiger partial charge in [-0.05, 0) is 30.5 Å². The predicted octanol–water partition coefficient (Wildman–Crippen LogP) is 1.26. The fourth-order valence-corrected chi connectivity index (χ4v) is 2.47. The number of ether oxygens (including phenoxy) is 3. The fraction of sp³-hybridized carbons (Fsp3) is 0.533. The van der Waals surface area contributed by atoms with Crippen molar-refractivity contribution in [1.29, 1.82) is 0 Å². The van der Waals surface area contributed by atoms with Crippen LogP contribution in [0.4, 0.5) is 0 Å². The zero-order valence-corrected chi connectivity index (χ0v) is 12.2. The summed E-state index contributed by atoms with van der Waals surface area (Å²) in [6.45, 7) is 2.65. The Bertz CT molecular complexity index is 513. The van der Waals surface area contributed by atoms with Crippen molar-refractivity contribution >= 4 is 5.96 Å². The van der Waals surface area contributed by atoms with Gasteiger partial charge in [-0.2, -0.15) is 0 Å². The molecule has 1 atom stereocenters. The topological polar surface area (TPSA) is 64.1 Å². The summed E-state index contributed by atoms with van der Waals surface area (Å²) in [5.74, 6) is 2.39. The monoisotopic (exact) mass is 291 g/mol. The van der Waals surface area contributed by atoms with Crippen molar-refractivity contribution in [2.24, 2.45) is 4.99 Å². The van der Waals surface area contributed by atoms with E-state index in [4.69, 9.17) is 14.2 Å². The Kier molecular flexibility index (Phi) is 4.45. The molecule has 0 radical (unpaired) electrons. The lowest BCUT2D eigenvalue weighted by molar-refractivity contribution is 0.114. The van der Waals surface area contributed by atoms with E-state index in [2.05, 4.69) is 15.6 Å². The highest BCUT2D eigenvalue weighted by Gasteiger charge is 2.16. The standard InChI is InChI=1S/C15H21N3O3/c1-16-15(18-9-12-3-2-6-19-12)17-8-11-4-5-13-14(7-11)21-10-20-13/h4-5,7,12H,2-3,6,8-10H2,1H3,(H2,16,17,18). The Morgan fingerprint density at radius 3 is 3.00 bits per heavy atom. The summed E-state index contributed by atoms with van der Waals surface area (Å²) in [5.41, 5.74) is 1.12. The van der Waals surface area contributed by atoms with Crippen LogP contribution in [0.5, 0.6) is 11.5 Å². The summed E-state index contributed by atoms with van der Waals surface area (Å²) < 4.78 is 16.3. The molecule has 2 aliphatic heterocycles. The zero-order valence-electron chi connectivity index (χ0n) is 12.2. The maximum atomic E-state index is 5.59. The average molecular weight is 291 g/mol. The quantitative estimate of drug-likeness (QED) is 0.646. The molecule has 1 saturated heterocycles. The van der Waals surface area contributed by atoms with Gasteiger partial charge in [-0.3, -0.25) is 4.99 Å². The lowest BCUT2D eigenvalue weighted by Crippen LogP contribution is -2.40. The molecular weight excluding hydrogens is 270 g/mol. The van der Waals surface area contributed by atoms with Gasteiger partial charge in [-0.25, -0.2) is 0 Å². The number of nitrogens with zero attached hydrogens (tertiary/aromatic N) is 1. The summed E-state index contributed by atoms with van der Waals surface area (Å²) in [5, 5.41) is 6.58.